The minimum Gasteiger partial charge on any atom is -0.435 e. The smallest absolute Gasteiger partial charge is 0.387 e. The number of nitrogens with zero attached hydrogens (tertiary/aromatic N) is 2. The van der Waals surface area contributed by atoms with Gasteiger partial charge in [-0.2, -0.15) is 8.78 Å². The molecule has 0 saturated carbocycles. The molecule has 0 aliphatic heterocycles. The average molecular weight is 440 g/mol. The summed E-state index contributed by atoms with van der Waals surface area (Å²) in [7, 11) is -1.17. The summed E-state index contributed by atoms with van der Waals surface area (Å²) in [5, 5.41) is 3.23. The van der Waals surface area contributed by atoms with Crippen LogP contribution in [-0.4, -0.2) is 45.7 Å². The molecule has 0 bridgehead atoms. The minimum absolute atomic E-state index is 0.0169. The number of benzene rings is 2. The lowest BCUT2D eigenvalue weighted by Gasteiger charge is -2.22. The maximum atomic E-state index is 12.3. The molecule has 1 N–H and O–H groups in total. The molecule has 9 heteroatoms. The van der Waals surface area contributed by atoms with Crippen molar-refractivity contribution in [3.8, 4) is 5.75 Å². The zero-order valence-electron chi connectivity index (χ0n) is 17.3. The first-order valence-corrected chi connectivity index (χ1v) is 11.5. The van der Waals surface area contributed by atoms with Crippen LogP contribution in [0.1, 0.15) is 23.6 Å². The second-order valence-electron chi connectivity index (χ2n) is 6.94. The van der Waals surface area contributed by atoms with E-state index in [0.717, 1.165) is 16.7 Å². The highest BCUT2D eigenvalue weighted by Gasteiger charge is 2.09. The number of alkyl halides is 2. The maximum Gasteiger partial charge on any atom is 0.387 e. The summed E-state index contributed by atoms with van der Waals surface area (Å²) in [6.45, 7) is 0.796. The van der Waals surface area contributed by atoms with Gasteiger partial charge in [0, 0.05) is 26.4 Å². The first-order valence-electron chi connectivity index (χ1n) is 9.45. The van der Waals surface area contributed by atoms with Crippen LogP contribution in [0.5, 0.6) is 5.75 Å². The number of aliphatic imine (C=N–C) groups is 1. The van der Waals surface area contributed by atoms with Crippen LogP contribution in [0.2, 0.25) is 0 Å². The van der Waals surface area contributed by atoms with E-state index in [4.69, 9.17) is 0 Å². The zero-order valence-corrected chi connectivity index (χ0v) is 18.1. The summed E-state index contributed by atoms with van der Waals surface area (Å²) in [6.07, 6.45) is 1.21. The Morgan fingerprint density at radius 2 is 1.63 bits per heavy atom. The molecule has 0 unspecified atom stereocenters. The van der Waals surface area contributed by atoms with Crippen molar-refractivity contribution < 1.29 is 21.9 Å². The molecule has 30 heavy (non-hydrogen) atoms. The van der Waals surface area contributed by atoms with E-state index in [1.165, 1.54) is 18.4 Å². The normalized spacial score (nSPS) is 12.1. The molecule has 6 nitrogen and oxygen atoms in total. The molecule has 2 aromatic rings. The van der Waals surface area contributed by atoms with Gasteiger partial charge in [-0.3, -0.25) is 0 Å². The Morgan fingerprint density at radius 1 is 1.07 bits per heavy atom. The van der Waals surface area contributed by atoms with Gasteiger partial charge in [0.05, 0.1) is 12.3 Å². The number of hydrogen-bond donors (Lipinski definition) is 1. The Kier molecular flexibility index (Phi) is 8.58. The molecule has 0 fully saturated rings. The molecule has 0 spiro atoms. The second-order valence-corrected chi connectivity index (χ2v) is 9.08. The third kappa shape index (κ3) is 8.36. The molecule has 164 valence electrons. The Hall–Kier alpha value is -2.68. The number of sulfone groups is 1. The molecule has 0 radical (unpaired) electrons. The molecule has 2 aromatic carbocycles. The van der Waals surface area contributed by atoms with Gasteiger partial charge in [0.1, 0.15) is 5.75 Å². The summed E-state index contributed by atoms with van der Waals surface area (Å²) in [5.74, 6) is 0.838. The Balaban J connectivity index is 2.02. The Bertz CT molecular complexity index is 931. The van der Waals surface area contributed by atoms with Gasteiger partial charge in [0.2, 0.25) is 0 Å². The van der Waals surface area contributed by atoms with Gasteiger partial charge in [0.15, 0.2) is 15.8 Å². The van der Waals surface area contributed by atoms with Gasteiger partial charge in [-0.25, -0.2) is 13.4 Å². The zero-order chi connectivity index (χ0) is 22.1. The highest BCUT2D eigenvalue weighted by atomic mass is 32.2. The fraction of sp³-hybridized carbons (Fsp3) is 0.381. The first-order chi connectivity index (χ1) is 14.2. The van der Waals surface area contributed by atoms with Crippen LogP contribution in [-0.2, 0) is 28.7 Å². The van der Waals surface area contributed by atoms with Gasteiger partial charge in [-0.05, 0) is 35.7 Å². The van der Waals surface area contributed by atoms with Gasteiger partial charge >= 0.3 is 6.61 Å². The fourth-order valence-electron chi connectivity index (χ4n) is 2.80. The summed E-state index contributed by atoms with van der Waals surface area (Å²) in [4.78, 5) is 6.57. The van der Waals surface area contributed by atoms with Crippen molar-refractivity contribution in [2.45, 2.75) is 32.4 Å². The minimum atomic E-state index is -3.06. The van der Waals surface area contributed by atoms with E-state index in [-0.39, 0.29) is 11.5 Å². The largest absolute Gasteiger partial charge is 0.435 e. The summed E-state index contributed by atoms with van der Waals surface area (Å²) < 4.78 is 51.7. The van der Waals surface area contributed by atoms with Crippen LogP contribution in [0.4, 0.5) is 8.78 Å². The van der Waals surface area contributed by atoms with Crippen molar-refractivity contribution in [3.63, 3.8) is 0 Å². The standard InChI is InChI=1S/C21H27F2N3O3S/c1-4-24-21(25-13-16-5-7-18(8-6-16)15-30(3,27)28)26(2)14-17-9-11-19(12-10-17)29-20(22)23/h5-12,20H,4,13-15H2,1-3H3,(H,24,25). The number of nitrogens with one attached hydrogen (secondary N) is 1. The maximum absolute atomic E-state index is 12.3. The lowest BCUT2D eigenvalue weighted by atomic mass is 10.1. The monoisotopic (exact) mass is 439 g/mol. The third-order valence-corrected chi connectivity index (χ3v) is 4.99. The number of halogens is 2. The fourth-order valence-corrected chi connectivity index (χ4v) is 3.60. The van der Waals surface area contributed by atoms with Crippen molar-refractivity contribution in [1.29, 1.82) is 0 Å². The Labute approximate surface area is 176 Å². The van der Waals surface area contributed by atoms with Crippen molar-refractivity contribution in [2.75, 3.05) is 19.8 Å². The molecule has 0 aliphatic rings. The lowest BCUT2D eigenvalue weighted by Crippen LogP contribution is -2.38. The quantitative estimate of drug-likeness (QED) is 0.479. The van der Waals surface area contributed by atoms with E-state index in [1.54, 1.807) is 24.3 Å². The summed E-state index contributed by atoms with van der Waals surface area (Å²) in [6, 6.07) is 13.8. The highest BCUT2D eigenvalue weighted by Crippen LogP contribution is 2.16. The van der Waals surface area contributed by atoms with Crippen molar-refractivity contribution in [2.24, 2.45) is 4.99 Å². The molecular weight excluding hydrogens is 412 g/mol. The van der Waals surface area contributed by atoms with Crippen LogP contribution in [0.25, 0.3) is 0 Å². The second kappa shape index (κ2) is 10.9. The topological polar surface area (TPSA) is 71.0 Å². The van der Waals surface area contributed by atoms with Gasteiger partial charge in [-0.1, -0.05) is 36.4 Å². The lowest BCUT2D eigenvalue weighted by molar-refractivity contribution is -0.0498. The van der Waals surface area contributed by atoms with Gasteiger partial charge in [0.25, 0.3) is 0 Å². The number of guanidine groups is 1. The SMILES string of the molecule is CCNC(=NCc1ccc(CS(C)(=O)=O)cc1)N(C)Cc1ccc(OC(F)F)cc1. The van der Waals surface area contributed by atoms with Crippen LogP contribution >= 0.6 is 0 Å². The summed E-state index contributed by atoms with van der Waals surface area (Å²) in [5.41, 5.74) is 2.63. The van der Waals surface area contributed by atoms with Crippen LogP contribution < -0.4 is 10.1 Å². The predicted molar refractivity (Wildman–Crippen MR) is 114 cm³/mol. The molecule has 0 aliphatic carbocycles. The van der Waals surface area contributed by atoms with Crippen molar-refractivity contribution in [1.82, 2.24) is 10.2 Å². The molecule has 0 saturated heterocycles. The molecular formula is C21H27F2N3O3S. The Morgan fingerprint density at radius 3 is 2.17 bits per heavy atom. The number of ether oxygens (including phenoxy) is 1. The first kappa shape index (κ1) is 23.6. The van der Waals surface area contributed by atoms with E-state index < -0.39 is 16.4 Å². The van der Waals surface area contributed by atoms with E-state index in [9.17, 15) is 17.2 Å². The molecule has 0 aromatic heterocycles. The number of rotatable bonds is 9. The van der Waals surface area contributed by atoms with Gasteiger partial charge < -0.3 is 15.0 Å². The molecule has 0 atom stereocenters. The van der Waals surface area contributed by atoms with Crippen molar-refractivity contribution in [3.05, 3.63) is 65.2 Å². The van der Waals surface area contributed by atoms with Crippen LogP contribution in [0, 0.1) is 0 Å². The third-order valence-electron chi connectivity index (χ3n) is 4.13. The molecule has 0 amide bonds. The van der Waals surface area contributed by atoms with E-state index >= 15 is 0 Å². The van der Waals surface area contributed by atoms with Crippen LogP contribution in [0.3, 0.4) is 0 Å². The van der Waals surface area contributed by atoms with E-state index in [2.05, 4.69) is 15.0 Å². The predicted octanol–water partition coefficient (Wildman–Crippen LogP) is 3.43. The average Bonchev–Trinajstić information content (AvgIpc) is 2.66. The van der Waals surface area contributed by atoms with E-state index in [0.29, 0.717) is 25.6 Å². The van der Waals surface area contributed by atoms with Gasteiger partial charge in [-0.15, -0.1) is 0 Å². The number of hydrogen-bond acceptors (Lipinski definition) is 4. The molecule has 2 rings (SSSR count). The molecule has 0 heterocycles. The highest BCUT2D eigenvalue weighted by molar-refractivity contribution is 7.89. The van der Waals surface area contributed by atoms with Crippen molar-refractivity contribution >= 4 is 15.8 Å². The summed E-state index contributed by atoms with van der Waals surface area (Å²) >= 11 is 0. The van der Waals surface area contributed by atoms with Crippen LogP contribution in [0.15, 0.2) is 53.5 Å². The van der Waals surface area contributed by atoms with E-state index in [1.807, 2.05) is 31.0 Å².